The van der Waals surface area contributed by atoms with Crippen molar-refractivity contribution in [3.63, 3.8) is 0 Å². The third kappa shape index (κ3) is 2.13. The van der Waals surface area contributed by atoms with E-state index in [2.05, 4.69) is 0 Å². The van der Waals surface area contributed by atoms with Crippen LogP contribution in [0.4, 0.5) is 20.2 Å². The molecular weight excluding hydrogens is 298 g/mol. The van der Waals surface area contributed by atoms with E-state index >= 15 is 0 Å². The van der Waals surface area contributed by atoms with Gasteiger partial charge in [0.1, 0.15) is 0 Å². The smallest absolute Gasteiger partial charge is 0.264 e. The zero-order chi connectivity index (χ0) is 15.2. The number of benzene rings is 2. The highest BCUT2D eigenvalue weighted by Gasteiger charge is 2.32. The molecule has 7 heteroatoms. The number of sulfonamides is 1. The maximum absolute atomic E-state index is 13.3. The Morgan fingerprint density at radius 2 is 1.86 bits per heavy atom. The molecule has 0 aliphatic carbocycles. The molecule has 0 unspecified atom stereocenters. The van der Waals surface area contributed by atoms with Crippen molar-refractivity contribution in [3.8, 4) is 0 Å². The molecule has 2 N–H and O–H groups in total. The van der Waals surface area contributed by atoms with Crippen molar-refractivity contribution in [2.24, 2.45) is 0 Å². The molecule has 0 bridgehead atoms. The van der Waals surface area contributed by atoms with Crippen LogP contribution in [0.1, 0.15) is 5.56 Å². The largest absolute Gasteiger partial charge is 0.398 e. The summed E-state index contributed by atoms with van der Waals surface area (Å²) >= 11 is 0. The molecule has 0 atom stereocenters. The molecule has 0 fully saturated rings. The highest BCUT2D eigenvalue weighted by molar-refractivity contribution is 7.92. The molecule has 2 aromatic carbocycles. The van der Waals surface area contributed by atoms with Crippen LogP contribution >= 0.6 is 0 Å². The van der Waals surface area contributed by atoms with Crippen LogP contribution in [0.15, 0.2) is 41.3 Å². The van der Waals surface area contributed by atoms with E-state index in [4.69, 9.17) is 5.73 Å². The summed E-state index contributed by atoms with van der Waals surface area (Å²) in [6.07, 6.45) is 0.491. The van der Waals surface area contributed by atoms with E-state index in [-0.39, 0.29) is 11.4 Å². The van der Waals surface area contributed by atoms with Gasteiger partial charge in [0.2, 0.25) is 0 Å². The Morgan fingerprint density at radius 3 is 2.57 bits per heavy atom. The number of rotatable bonds is 2. The minimum atomic E-state index is -3.94. The second-order valence-corrected chi connectivity index (χ2v) is 6.61. The van der Waals surface area contributed by atoms with Crippen LogP contribution in [0.3, 0.4) is 0 Å². The van der Waals surface area contributed by atoms with E-state index in [0.717, 1.165) is 17.7 Å². The Bertz CT molecular complexity index is 822. The van der Waals surface area contributed by atoms with E-state index in [0.29, 0.717) is 23.9 Å². The van der Waals surface area contributed by atoms with Gasteiger partial charge >= 0.3 is 0 Å². The molecule has 110 valence electrons. The predicted molar refractivity (Wildman–Crippen MR) is 75.4 cm³/mol. The Kier molecular flexibility index (Phi) is 3.09. The maximum Gasteiger partial charge on any atom is 0.264 e. The normalized spacial score (nSPS) is 14.3. The fraction of sp³-hybridized carbons (Fsp3) is 0.143. The van der Waals surface area contributed by atoms with Gasteiger partial charge in [0.05, 0.1) is 10.6 Å². The zero-order valence-electron chi connectivity index (χ0n) is 10.9. The number of hydrogen-bond acceptors (Lipinski definition) is 3. The first kappa shape index (κ1) is 13.8. The molecule has 1 aliphatic heterocycles. The van der Waals surface area contributed by atoms with Crippen LogP contribution in [-0.2, 0) is 16.4 Å². The van der Waals surface area contributed by atoms with Gasteiger partial charge in [0, 0.05) is 17.8 Å². The first-order valence-electron chi connectivity index (χ1n) is 6.26. The summed E-state index contributed by atoms with van der Waals surface area (Å²) in [5, 5.41) is 0. The summed E-state index contributed by atoms with van der Waals surface area (Å²) in [7, 11) is -3.94. The molecule has 21 heavy (non-hydrogen) atoms. The fourth-order valence-corrected chi connectivity index (χ4v) is 3.95. The van der Waals surface area contributed by atoms with Crippen molar-refractivity contribution < 1.29 is 17.2 Å². The summed E-state index contributed by atoms with van der Waals surface area (Å²) in [6.45, 7) is 0.227. The Hall–Kier alpha value is -2.15. The molecule has 0 saturated carbocycles. The summed E-state index contributed by atoms with van der Waals surface area (Å²) in [6, 6.07) is 7.56. The van der Waals surface area contributed by atoms with E-state index in [1.807, 2.05) is 0 Å². The van der Waals surface area contributed by atoms with Gasteiger partial charge in [-0.15, -0.1) is 0 Å². The minimum absolute atomic E-state index is 0.227. The quantitative estimate of drug-likeness (QED) is 0.866. The summed E-state index contributed by atoms with van der Waals surface area (Å²) in [4.78, 5) is -0.281. The van der Waals surface area contributed by atoms with Gasteiger partial charge in [-0.25, -0.2) is 17.2 Å². The molecule has 1 aliphatic rings. The zero-order valence-corrected chi connectivity index (χ0v) is 11.7. The minimum Gasteiger partial charge on any atom is -0.398 e. The van der Waals surface area contributed by atoms with E-state index in [9.17, 15) is 17.2 Å². The van der Waals surface area contributed by atoms with Crippen molar-refractivity contribution in [2.45, 2.75) is 11.3 Å². The van der Waals surface area contributed by atoms with Gasteiger partial charge in [-0.1, -0.05) is 6.07 Å². The van der Waals surface area contributed by atoms with Crippen molar-refractivity contribution in [2.75, 3.05) is 16.6 Å². The number of nitrogen functional groups attached to an aromatic ring is 1. The third-order valence-corrected chi connectivity index (χ3v) is 5.31. The Balaban J connectivity index is 2.09. The summed E-state index contributed by atoms with van der Waals surface area (Å²) in [5.41, 5.74) is 7.59. The first-order valence-corrected chi connectivity index (χ1v) is 7.70. The number of halogens is 2. The highest BCUT2D eigenvalue weighted by atomic mass is 32.2. The topological polar surface area (TPSA) is 63.4 Å². The number of fused-ring (bicyclic) bond motifs is 1. The number of nitrogens with two attached hydrogens (primary N) is 1. The highest BCUT2D eigenvalue weighted by Crippen LogP contribution is 2.36. The molecule has 0 spiro atoms. The molecule has 4 nitrogen and oxygen atoms in total. The predicted octanol–water partition coefficient (Wildman–Crippen LogP) is 2.30. The van der Waals surface area contributed by atoms with Crippen LogP contribution in [-0.4, -0.2) is 15.0 Å². The number of hydrogen-bond donors (Lipinski definition) is 1. The average molecular weight is 310 g/mol. The van der Waals surface area contributed by atoms with E-state index < -0.39 is 21.7 Å². The van der Waals surface area contributed by atoms with Gasteiger partial charge in [-0.2, -0.15) is 0 Å². The van der Waals surface area contributed by atoms with Crippen LogP contribution in [0.25, 0.3) is 0 Å². The first-order chi connectivity index (χ1) is 9.91. The lowest BCUT2D eigenvalue weighted by atomic mass is 10.1. The number of anilines is 2. The average Bonchev–Trinajstić information content (AvgIpc) is 2.88. The SMILES string of the molecule is Nc1cccc2c1CCN2S(=O)(=O)c1ccc(F)c(F)c1. The lowest BCUT2D eigenvalue weighted by molar-refractivity contribution is 0.504. The van der Waals surface area contributed by atoms with Crippen LogP contribution in [0.5, 0.6) is 0 Å². The van der Waals surface area contributed by atoms with Crippen LogP contribution in [0.2, 0.25) is 0 Å². The molecule has 0 radical (unpaired) electrons. The second-order valence-electron chi connectivity index (χ2n) is 4.75. The summed E-state index contributed by atoms with van der Waals surface area (Å²) < 4.78 is 52.5. The van der Waals surface area contributed by atoms with Gasteiger partial charge in [-0.3, -0.25) is 4.31 Å². The van der Waals surface area contributed by atoms with Crippen molar-refractivity contribution in [1.82, 2.24) is 0 Å². The van der Waals surface area contributed by atoms with E-state index in [1.54, 1.807) is 18.2 Å². The molecule has 2 aromatic rings. The molecule has 0 amide bonds. The third-order valence-electron chi connectivity index (χ3n) is 3.50. The van der Waals surface area contributed by atoms with Crippen LogP contribution < -0.4 is 10.0 Å². The molecular formula is C14H12F2N2O2S. The van der Waals surface area contributed by atoms with E-state index in [1.165, 1.54) is 4.31 Å². The second kappa shape index (κ2) is 4.70. The maximum atomic E-state index is 13.3. The Labute approximate surface area is 120 Å². The van der Waals surface area contributed by atoms with Gasteiger partial charge < -0.3 is 5.73 Å². The Morgan fingerprint density at radius 1 is 1.10 bits per heavy atom. The fourth-order valence-electron chi connectivity index (χ4n) is 2.45. The van der Waals surface area contributed by atoms with Crippen molar-refractivity contribution in [3.05, 3.63) is 53.6 Å². The lowest BCUT2D eigenvalue weighted by Gasteiger charge is -2.19. The molecule has 0 aromatic heterocycles. The van der Waals surface area contributed by atoms with Crippen molar-refractivity contribution >= 4 is 21.4 Å². The molecule has 1 heterocycles. The van der Waals surface area contributed by atoms with Gasteiger partial charge in [0.15, 0.2) is 11.6 Å². The monoisotopic (exact) mass is 310 g/mol. The summed E-state index contributed by atoms with van der Waals surface area (Å²) in [5.74, 6) is -2.27. The lowest BCUT2D eigenvalue weighted by Crippen LogP contribution is -2.29. The van der Waals surface area contributed by atoms with Crippen LogP contribution in [0, 0.1) is 11.6 Å². The molecule has 0 saturated heterocycles. The standard InChI is InChI=1S/C14H12F2N2O2S/c15-11-5-4-9(8-12(11)16)21(19,20)18-7-6-10-13(17)2-1-3-14(10)18/h1-5,8H,6-7,17H2. The molecule has 3 rings (SSSR count). The number of nitrogens with zero attached hydrogens (tertiary/aromatic N) is 1. The van der Waals surface area contributed by atoms with Gasteiger partial charge in [-0.05, 0) is 36.8 Å². The van der Waals surface area contributed by atoms with Gasteiger partial charge in [0.25, 0.3) is 10.0 Å². The van der Waals surface area contributed by atoms with Crippen molar-refractivity contribution in [1.29, 1.82) is 0 Å².